The minimum absolute atomic E-state index is 0.0194. The van der Waals surface area contributed by atoms with Gasteiger partial charge in [-0.15, -0.1) is 0 Å². The number of carboxylic acid groups (broad SMARTS) is 1. The van der Waals surface area contributed by atoms with Gasteiger partial charge in [0.1, 0.15) is 17.4 Å². The van der Waals surface area contributed by atoms with E-state index in [0.717, 1.165) is 0 Å². The minimum Gasteiger partial charge on any atom is -0.480 e. The molecule has 1 aromatic heterocycles. The normalized spacial score (nSPS) is 17.6. The molecule has 2 heterocycles. The Labute approximate surface area is 156 Å². The van der Waals surface area contributed by atoms with Crippen LogP contribution in [0.2, 0.25) is 6.04 Å². The first kappa shape index (κ1) is 21.5. The highest BCUT2D eigenvalue weighted by atomic mass is 28.2. The summed E-state index contributed by atoms with van der Waals surface area (Å²) in [5.74, 6) is -1.16. The topological polar surface area (TPSA) is 75.4 Å². The number of carbonyl (C=O) groups is 1. The van der Waals surface area contributed by atoms with E-state index in [2.05, 4.69) is 5.10 Å². The number of likely N-dealkylation sites (tertiary alicyclic amines) is 1. The van der Waals surface area contributed by atoms with Crippen LogP contribution in [0.15, 0.2) is 10.9 Å². The SMILES string of the molecule is CC(C)C[SiH2][C@@H](C(=O)O)n1nc(CCN2CC(F)C2)cc(C(F)(F)F)c1=O. The molecule has 0 aromatic carbocycles. The van der Waals surface area contributed by atoms with Gasteiger partial charge in [-0.25, -0.2) is 9.07 Å². The second kappa shape index (κ2) is 8.51. The predicted molar refractivity (Wildman–Crippen MR) is 93.4 cm³/mol. The highest BCUT2D eigenvalue weighted by molar-refractivity contribution is 6.42. The Balaban J connectivity index is 2.36. The molecule has 152 valence electrons. The number of aliphatic carboxylic acids is 1. The molecule has 0 bridgehead atoms. The lowest BCUT2D eigenvalue weighted by Gasteiger charge is -2.34. The Morgan fingerprint density at radius 1 is 1.41 bits per heavy atom. The molecule has 0 unspecified atom stereocenters. The van der Waals surface area contributed by atoms with E-state index in [9.17, 15) is 32.3 Å². The molecule has 0 amide bonds. The Bertz CT molecular complexity index is 733. The lowest BCUT2D eigenvalue weighted by Crippen LogP contribution is -2.49. The van der Waals surface area contributed by atoms with Gasteiger partial charge in [0.15, 0.2) is 0 Å². The zero-order valence-corrected chi connectivity index (χ0v) is 16.6. The van der Waals surface area contributed by atoms with Gasteiger partial charge < -0.3 is 5.11 Å². The zero-order chi connectivity index (χ0) is 20.4. The average Bonchev–Trinajstić information content (AvgIpc) is 2.51. The van der Waals surface area contributed by atoms with E-state index in [-0.39, 0.29) is 31.1 Å². The monoisotopic (exact) mass is 409 g/mol. The second-order valence-electron chi connectivity index (χ2n) is 7.23. The first-order valence-electron chi connectivity index (χ1n) is 8.78. The van der Waals surface area contributed by atoms with Crippen molar-refractivity contribution in [1.29, 1.82) is 0 Å². The van der Waals surface area contributed by atoms with Gasteiger partial charge in [-0.2, -0.15) is 18.3 Å². The van der Waals surface area contributed by atoms with Crippen LogP contribution in [0.3, 0.4) is 0 Å². The van der Waals surface area contributed by atoms with E-state index < -0.39 is 44.6 Å². The van der Waals surface area contributed by atoms with Crippen molar-refractivity contribution in [2.75, 3.05) is 19.6 Å². The molecule has 1 aromatic rings. The summed E-state index contributed by atoms with van der Waals surface area (Å²) in [6.45, 7) is 4.48. The second-order valence-corrected chi connectivity index (χ2v) is 9.16. The summed E-state index contributed by atoms with van der Waals surface area (Å²) >= 11 is 0. The van der Waals surface area contributed by atoms with E-state index in [1.807, 2.05) is 13.8 Å². The molecule has 1 fully saturated rings. The minimum atomic E-state index is -4.90. The van der Waals surface area contributed by atoms with Crippen LogP contribution < -0.4 is 5.56 Å². The maximum absolute atomic E-state index is 13.3. The van der Waals surface area contributed by atoms with Crippen LogP contribution in [0.5, 0.6) is 0 Å². The largest absolute Gasteiger partial charge is 0.480 e. The maximum atomic E-state index is 13.3. The van der Waals surface area contributed by atoms with Crippen molar-refractivity contribution in [3.05, 3.63) is 27.7 Å². The van der Waals surface area contributed by atoms with Crippen molar-refractivity contribution >= 4 is 15.5 Å². The highest BCUT2D eigenvalue weighted by Crippen LogP contribution is 2.27. The van der Waals surface area contributed by atoms with Crippen molar-refractivity contribution in [3.63, 3.8) is 0 Å². The zero-order valence-electron chi connectivity index (χ0n) is 15.2. The molecule has 2 rings (SSSR count). The van der Waals surface area contributed by atoms with Crippen LogP contribution in [-0.4, -0.2) is 61.1 Å². The van der Waals surface area contributed by atoms with Gasteiger partial charge >= 0.3 is 12.1 Å². The van der Waals surface area contributed by atoms with Crippen molar-refractivity contribution in [2.24, 2.45) is 5.92 Å². The summed E-state index contributed by atoms with van der Waals surface area (Å²) in [6.07, 6.45) is -5.76. The molecule has 1 saturated heterocycles. The van der Waals surface area contributed by atoms with Crippen LogP contribution in [-0.2, 0) is 17.4 Å². The van der Waals surface area contributed by atoms with E-state index in [1.54, 1.807) is 4.90 Å². The number of aromatic nitrogens is 2. The summed E-state index contributed by atoms with van der Waals surface area (Å²) < 4.78 is 53.2. The Morgan fingerprint density at radius 3 is 2.52 bits per heavy atom. The summed E-state index contributed by atoms with van der Waals surface area (Å²) in [4.78, 5) is 25.6. The summed E-state index contributed by atoms with van der Waals surface area (Å²) in [5.41, 5.74) is -4.19. The lowest BCUT2D eigenvalue weighted by atomic mass is 10.1. The Hall–Kier alpha value is -1.75. The molecule has 6 nitrogen and oxygen atoms in total. The van der Waals surface area contributed by atoms with E-state index in [0.29, 0.717) is 23.3 Å². The molecule has 1 aliphatic heterocycles. The smallest absolute Gasteiger partial charge is 0.421 e. The van der Waals surface area contributed by atoms with Gasteiger partial charge in [-0.1, -0.05) is 19.9 Å². The molecule has 1 atom stereocenters. The van der Waals surface area contributed by atoms with Gasteiger partial charge in [0.2, 0.25) is 0 Å². The number of hydrogen-bond acceptors (Lipinski definition) is 4. The van der Waals surface area contributed by atoms with Crippen molar-refractivity contribution in [2.45, 2.75) is 44.3 Å². The number of halogens is 4. The summed E-state index contributed by atoms with van der Waals surface area (Å²) in [6, 6.07) is 1.23. The molecule has 1 N–H and O–H groups in total. The molecule has 0 saturated carbocycles. The fourth-order valence-electron chi connectivity index (χ4n) is 2.90. The van der Waals surface area contributed by atoms with Crippen molar-refractivity contribution < 1.29 is 27.5 Å². The van der Waals surface area contributed by atoms with E-state index in [1.165, 1.54) is 0 Å². The Morgan fingerprint density at radius 2 is 2.04 bits per heavy atom. The molecule has 0 spiro atoms. The van der Waals surface area contributed by atoms with Gasteiger partial charge in [0, 0.05) is 26.1 Å². The van der Waals surface area contributed by atoms with Gasteiger partial charge in [0.05, 0.1) is 15.2 Å². The highest BCUT2D eigenvalue weighted by Gasteiger charge is 2.37. The summed E-state index contributed by atoms with van der Waals surface area (Å²) in [7, 11) is -1.42. The number of alkyl halides is 4. The first-order chi connectivity index (χ1) is 12.5. The van der Waals surface area contributed by atoms with E-state index >= 15 is 0 Å². The van der Waals surface area contributed by atoms with Gasteiger partial charge in [-0.3, -0.25) is 14.5 Å². The third-order valence-electron chi connectivity index (χ3n) is 4.49. The summed E-state index contributed by atoms with van der Waals surface area (Å²) in [5, 5.41) is 13.4. The van der Waals surface area contributed by atoms with Gasteiger partial charge in [-0.05, 0) is 12.0 Å². The molecular formula is C16H23F4N3O3Si. The van der Waals surface area contributed by atoms with Crippen molar-refractivity contribution in [3.8, 4) is 0 Å². The standard InChI is InChI=1S/C16H23F4N3O3Si/c1-9(2)8-27-14(15(25)26)23-13(24)12(16(18,19)20)5-11(21-23)3-4-22-6-10(17)7-22/h5,9-10,14H,3-4,6-8,27H2,1-2H3,(H,25,26)/t14-/m0/s1. The Kier molecular flexibility index (Phi) is 6.79. The predicted octanol–water partition coefficient (Wildman–Crippen LogP) is 1.28. The van der Waals surface area contributed by atoms with E-state index in [4.69, 9.17) is 0 Å². The van der Waals surface area contributed by atoms with Crippen LogP contribution in [0.1, 0.15) is 30.8 Å². The van der Waals surface area contributed by atoms with Crippen LogP contribution in [0.25, 0.3) is 0 Å². The number of nitrogens with zero attached hydrogens (tertiary/aromatic N) is 3. The third kappa shape index (κ3) is 5.61. The fraction of sp³-hybridized carbons (Fsp3) is 0.688. The lowest BCUT2D eigenvalue weighted by molar-refractivity contribution is -0.142. The van der Waals surface area contributed by atoms with Crippen LogP contribution >= 0.6 is 0 Å². The van der Waals surface area contributed by atoms with Crippen molar-refractivity contribution in [1.82, 2.24) is 14.7 Å². The molecule has 11 heteroatoms. The average molecular weight is 409 g/mol. The fourth-order valence-corrected chi connectivity index (χ4v) is 4.63. The molecule has 0 radical (unpaired) electrons. The third-order valence-corrected chi connectivity index (χ3v) is 7.22. The van der Waals surface area contributed by atoms with Crippen LogP contribution in [0, 0.1) is 5.92 Å². The number of hydrogen-bond donors (Lipinski definition) is 1. The van der Waals surface area contributed by atoms with Gasteiger partial charge in [0.25, 0.3) is 5.56 Å². The quantitative estimate of drug-likeness (QED) is 0.517. The van der Waals surface area contributed by atoms with Crippen LogP contribution in [0.4, 0.5) is 17.6 Å². The molecule has 0 aliphatic carbocycles. The first-order valence-corrected chi connectivity index (χ1v) is 10.6. The molecular weight excluding hydrogens is 386 g/mol. The number of carboxylic acids is 1. The molecule has 27 heavy (non-hydrogen) atoms. The number of rotatable bonds is 8. The maximum Gasteiger partial charge on any atom is 0.421 e. The molecule has 1 aliphatic rings.